The van der Waals surface area contributed by atoms with Crippen LogP contribution in [0.1, 0.15) is 121 Å². The molecule has 6 N–H and O–H groups in total. The summed E-state index contributed by atoms with van der Waals surface area (Å²) in [6.45, 7) is 9.09. The third kappa shape index (κ3) is 17.4. The number of hydrogen-bond acceptors (Lipinski definition) is 17. The number of hydrogen-bond donors (Lipinski definition) is 5. The van der Waals surface area contributed by atoms with Crippen LogP contribution >= 0.6 is 0 Å². The van der Waals surface area contributed by atoms with E-state index in [1.165, 1.54) is 12.1 Å². The minimum absolute atomic E-state index is 0.0412. The van der Waals surface area contributed by atoms with Crippen LogP contribution in [0.15, 0.2) is 115 Å². The molecule has 9 rings (SSSR count). The average molecular weight is 1100 g/mol. The topological polar surface area (TPSA) is 341 Å². The van der Waals surface area contributed by atoms with Crippen molar-refractivity contribution in [2.75, 3.05) is 10.6 Å². The van der Waals surface area contributed by atoms with Crippen molar-refractivity contribution in [2.45, 2.75) is 115 Å². The summed E-state index contributed by atoms with van der Waals surface area (Å²) in [6, 6.07) is 28.9. The van der Waals surface area contributed by atoms with Crippen LogP contribution in [0.5, 0.6) is 0 Å². The Morgan fingerprint density at radius 2 is 1.06 bits per heavy atom. The van der Waals surface area contributed by atoms with Crippen LogP contribution in [0.4, 0.5) is 23.3 Å². The number of nitrogens with one attached hydrogen (secondary N) is 2. The Morgan fingerprint density at radius 1 is 0.650 bits per heavy atom. The molecule has 22 heteroatoms. The molecule has 80 heavy (non-hydrogen) atoms. The van der Waals surface area contributed by atoms with Crippen LogP contribution in [-0.2, 0) is 10.1 Å². The molecule has 412 valence electrons. The van der Waals surface area contributed by atoms with Gasteiger partial charge < -0.3 is 21.5 Å². The Kier molecular flexibility index (Phi) is 21.3. The first-order valence-corrected chi connectivity index (χ1v) is 27.4. The molecule has 0 amide bonds. The van der Waals surface area contributed by atoms with Gasteiger partial charge in [-0.2, -0.15) is 39.7 Å². The zero-order valence-electron chi connectivity index (χ0n) is 45.1. The number of nitrogens with zero attached hydrogens (tertiary/aromatic N) is 12. The zero-order valence-corrected chi connectivity index (χ0v) is 45.9. The Labute approximate surface area is 465 Å². The molecule has 2 fully saturated rings. The number of aromatic nitrogens is 8. The molecule has 3 aromatic carbocycles. The number of Topliss-reactive ketones (excluding diaryl/α,β-unsaturated/α-hetero) is 1. The fourth-order valence-corrected chi connectivity index (χ4v) is 9.21. The molecule has 7 aromatic rings. The highest BCUT2D eigenvalue weighted by molar-refractivity contribution is 7.85. The van der Waals surface area contributed by atoms with Gasteiger partial charge in [0, 0.05) is 59.7 Å². The van der Waals surface area contributed by atoms with Crippen molar-refractivity contribution in [3.63, 3.8) is 0 Å². The van der Waals surface area contributed by atoms with Gasteiger partial charge in [0.25, 0.3) is 10.1 Å². The van der Waals surface area contributed by atoms with Crippen LogP contribution in [0.3, 0.4) is 0 Å². The third-order valence-corrected chi connectivity index (χ3v) is 14.2. The third-order valence-electron chi connectivity index (χ3n) is 13.3. The molecule has 4 aromatic heterocycles. The number of carboxylic acids is 1. The van der Waals surface area contributed by atoms with E-state index in [4.69, 9.17) is 41.4 Å². The highest BCUT2D eigenvalue weighted by Gasteiger charge is 2.24. The van der Waals surface area contributed by atoms with Crippen molar-refractivity contribution >= 4 is 45.1 Å². The molecule has 0 spiro atoms. The number of benzene rings is 3. The van der Waals surface area contributed by atoms with Gasteiger partial charge >= 0.3 is 5.97 Å². The summed E-state index contributed by atoms with van der Waals surface area (Å²) in [5, 5.41) is 59.3. The number of rotatable bonds is 13. The number of aryl methyl sites for hydroxylation is 3. The van der Waals surface area contributed by atoms with E-state index in [0.717, 1.165) is 102 Å². The Balaban J connectivity index is 0.000000204. The number of nitrogens with two attached hydrogens (primary N) is 1. The number of aromatic carboxylic acids is 1. The standard InChI is InChI=1S/C26H27N7O.C22H22N6O2.C7H8O3S.C3H6N2/c1-17(12-27)11-24(34)20-5-7-21(8-6-20)25-18(2)14-29-26(32-25)31-22-15-30-33(16-22)23-9-3-19(13-28)4-10-23;1-14-11-24-22(27-20(14)16-4-6-17(7-5-16)21(29)30)26-18-12-25-28(13-18)19-8-2-15(10-23)3-9-19;1-6-2-4-7(5-3-6)11(8,9)10;1-3(5)2-4/h5-8,14-17,19,23H,3-4,9-11H2,1-2H3,(H,29,31,32);4-7,11-13,15,19H,2-3,8-9H2,1H3,(H,29,30)(H,24,26,27);2-5H,1H3,(H,8,9,10);3H,5H2,1H3/t17-,19?,23?;;;3-/m1..0/s1. The van der Waals surface area contributed by atoms with Gasteiger partial charge in [0.05, 0.1) is 93.9 Å². The second-order valence-electron chi connectivity index (χ2n) is 19.7. The summed E-state index contributed by atoms with van der Waals surface area (Å²) in [4.78, 5) is 41.4. The first-order chi connectivity index (χ1) is 38.3. The van der Waals surface area contributed by atoms with Gasteiger partial charge in [-0.3, -0.25) is 18.7 Å². The quantitative estimate of drug-likeness (QED) is 0.0529. The lowest BCUT2D eigenvalue weighted by Crippen LogP contribution is -2.17. The highest BCUT2D eigenvalue weighted by Crippen LogP contribution is 2.34. The number of ketones is 1. The van der Waals surface area contributed by atoms with Gasteiger partial charge in [0.15, 0.2) is 5.78 Å². The molecule has 0 unspecified atom stereocenters. The summed E-state index contributed by atoms with van der Waals surface area (Å²) in [6.07, 6.45) is 18.6. The van der Waals surface area contributed by atoms with Gasteiger partial charge in [-0.1, -0.05) is 54.1 Å². The molecule has 2 aliphatic rings. The van der Waals surface area contributed by atoms with Gasteiger partial charge in [-0.15, -0.1) is 0 Å². The predicted octanol–water partition coefficient (Wildman–Crippen LogP) is 10.8. The molecule has 4 heterocycles. The minimum Gasteiger partial charge on any atom is -0.478 e. The van der Waals surface area contributed by atoms with Crippen molar-refractivity contribution in [1.29, 1.82) is 21.0 Å². The fourth-order valence-electron chi connectivity index (χ4n) is 8.73. The van der Waals surface area contributed by atoms with E-state index in [9.17, 15) is 18.0 Å². The van der Waals surface area contributed by atoms with Crippen molar-refractivity contribution in [3.8, 4) is 46.8 Å². The van der Waals surface area contributed by atoms with E-state index in [0.29, 0.717) is 29.5 Å². The molecule has 0 aliphatic heterocycles. The lowest BCUT2D eigenvalue weighted by molar-refractivity contribution is 0.0696. The summed E-state index contributed by atoms with van der Waals surface area (Å²) in [7, 11) is -4.02. The van der Waals surface area contributed by atoms with E-state index in [-0.39, 0.29) is 46.5 Å². The molecular weight excluding hydrogens is 1030 g/mol. The lowest BCUT2D eigenvalue weighted by atomic mass is 9.87. The average Bonchev–Trinajstić information content (AvgIpc) is 4.14. The van der Waals surface area contributed by atoms with Gasteiger partial charge in [0.1, 0.15) is 0 Å². The molecule has 2 atom stereocenters. The molecule has 2 saturated carbocycles. The summed E-state index contributed by atoms with van der Waals surface area (Å²) in [5.74, 6) is -0.0544. The van der Waals surface area contributed by atoms with Crippen LogP contribution in [0.2, 0.25) is 0 Å². The number of anilines is 4. The van der Waals surface area contributed by atoms with E-state index in [1.807, 2.05) is 54.7 Å². The second kappa shape index (κ2) is 28.4. The predicted molar refractivity (Wildman–Crippen MR) is 300 cm³/mol. The molecular formula is C58H63N15O6S. The first-order valence-electron chi connectivity index (χ1n) is 25.9. The summed E-state index contributed by atoms with van der Waals surface area (Å²) >= 11 is 0. The van der Waals surface area contributed by atoms with Crippen molar-refractivity contribution in [2.24, 2.45) is 23.5 Å². The van der Waals surface area contributed by atoms with E-state index >= 15 is 0 Å². The van der Waals surface area contributed by atoms with Gasteiger partial charge in [0.2, 0.25) is 11.9 Å². The minimum atomic E-state index is -4.02. The Morgan fingerprint density at radius 3 is 1.43 bits per heavy atom. The highest BCUT2D eigenvalue weighted by atomic mass is 32.2. The maximum absolute atomic E-state index is 12.3. The SMILES string of the molecule is C[C@H](N)C#N.Cc1ccc(S(=O)(=O)O)cc1.Cc1cnc(Nc2cnn(C3CCC(C#N)CC3)c2)nc1-c1ccc(C(=O)C[C@@H](C)C#N)cc1.Cc1cnc(Nc2cnn(C3CCC(C#N)CC3)c2)nc1-c1ccc(C(=O)O)cc1. The van der Waals surface area contributed by atoms with E-state index in [2.05, 4.69) is 54.0 Å². The molecule has 0 saturated heterocycles. The second-order valence-corrected chi connectivity index (χ2v) is 21.1. The van der Waals surface area contributed by atoms with Crippen molar-refractivity contribution in [1.82, 2.24) is 39.5 Å². The molecule has 0 bridgehead atoms. The zero-order chi connectivity index (χ0) is 57.9. The Hall–Kier alpha value is -9.19. The molecule has 2 aliphatic carbocycles. The number of carbonyl (C=O) groups is 2. The van der Waals surface area contributed by atoms with Crippen molar-refractivity contribution in [3.05, 3.63) is 138 Å². The van der Waals surface area contributed by atoms with E-state index < -0.39 is 16.1 Å². The maximum Gasteiger partial charge on any atom is 0.335 e. The van der Waals surface area contributed by atoms with Crippen LogP contribution < -0.4 is 16.4 Å². The molecule has 0 radical (unpaired) electrons. The lowest BCUT2D eigenvalue weighted by Gasteiger charge is -2.24. The number of carbonyl (C=O) groups excluding carboxylic acids is 1. The monoisotopic (exact) mass is 1100 g/mol. The van der Waals surface area contributed by atoms with Gasteiger partial charge in [-0.25, -0.2) is 24.7 Å². The van der Waals surface area contributed by atoms with Crippen LogP contribution in [0.25, 0.3) is 22.5 Å². The van der Waals surface area contributed by atoms with Crippen LogP contribution in [0, 0.1) is 83.8 Å². The summed E-state index contributed by atoms with van der Waals surface area (Å²) in [5.41, 5.74) is 13.4. The van der Waals surface area contributed by atoms with Crippen LogP contribution in [-0.4, -0.2) is 75.4 Å². The first kappa shape index (κ1) is 60.0. The number of carboxylic acid groups (broad SMARTS) is 1. The molecule has 21 nitrogen and oxygen atoms in total. The normalized spacial score (nSPS) is 17.2. The van der Waals surface area contributed by atoms with Crippen molar-refractivity contribution < 1.29 is 27.7 Å². The summed E-state index contributed by atoms with van der Waals surface area (Å²) < 4.78 is 33.5. The maximum atomic E-state index is 12.3. The smallest absolute Gasteiger partial charge is 0.335 e. The largest absolute Gasteiger partial charge is 0.478 e. The Bertz CT molecular complexity index is 3500. The number of nitriles is 4. The fraction of sp³-hybridized carbons (Fsp3) is 0.345. The van der Waals surface area contributed by atoms with Gasteiger partial charge in [-0.05, 0) is 121 Å². The van der Waals surface area contributed by atoms with E-state index in [1.54, 1.807) is 93.2 Å².